The normalized spacial score (nSPS) is 12.8. The number of nitrogens with zero attached hydrogens (tertiary/aromatic N) is 3. The molecule has 1 heterocycles. The zero-order valence-corrected chi connectivity index (χ0v) is 12.5. The van der Waals surface area contributed by atoms with Gasteiger partial charge in [0.25, 0.3) is 0 Å². The molecule has 0 bridgehead atoms. The van der Waals surface area contributed by atoms with Gasteiger partial charge in [0, 0.05) is 18.8 Å². The predicted octanol–water partition coefficient (Wildman–Crippen LogP) is 2.38. The van der Waals surface area contributed by atoms with E-state index in [1.807, 2.05) is 38.2 Å². The molecule has 0 radical (unpaired) electrons. The van der Waals surface area contributed by atoms with Crippen LogP contribution < -0.4 is 0 Å². The van der Waals surface area contributed by atoms with Gasteiger partial charge in [0.2, 0.25) is 0 Å². The molecule has 0 aliphatic rings. The van der Waals surface area contributed by atoms with Crippen molar-refractivity contribution in [3.63, 3.8) is 0 Å². The van der Waals surface area contributed by atoms with E-state index < -0.39 is 0 Å². The highest BCUT2D eigenvalue weighted by Gasteiger charge is 2.11. The minimum atomic E-state index is -0.252. The van der Waals surface area contributed by atoms with Gasteiger partial charge in [-0.15, -0.1) is 0 Å². The molecular weight excluding hydrogens is 250 g/mol. The van der Waals surface area contributed by atoms with Crippen LogP contribution in [0.2, 0.25) is 0 Å². The number of aliphatic hydroxyl groups is 1. The highest BCUT2D eigenvalue weighted by Crippen LogP contribution is 2.15. The third-order valence-corrected chi connectivity index (χ3v) is 3.39. The molecule has 4 heteroatoms. The Hall–Kier alpha value is -1.65. The molecule has 0 aliphatic carbocycles. The van der Waals surface area contributed by atoms with Gasteiger partial charge in [-0.2, -0.15) is 0 Å². The van der Waals surface area contributed by atoms with Gasteiger partial charge in [0.15, 0.2) is 0 Å². The summed E-state index contributed by atoms with van der Waals surface area (Å²) >= 11 is 0. The standard InChI is InChI=1S/C16H23N3O/c1-13(20)9-10-18(3)12-16-11-17-14(2)19(16)15-7-5-4-6-8-15/h4-8,11,13,20H,9-10,12H2,1-3H3. The summed E-state index contributed by atoms with van der Waals surface area (Å²) < 4.78 is 2.18. The lowest BCUT2D eigenvalue weighted by atomic mass is 10.2. The molecule has 0 aliphatic heterocycles. The van der Waals surface area contributed by atoms with E-state index in [9.17, 15) is 5.11 Å². The summed E-state index contributed by atoms with van der Waals surface area (Å²) in [5.74, 6) is 0.995. The van der Waals surface area contributed by atoms with Crippen LogP contribution in [0.1, 0.15) is 24.9 Å². The molecule has 0 saturated heterocycles. The maximum absolute atomic E-state index is 9.36. The average molecular weight is 273 g/mol. The van der Waals surface area contributed by atoms with Crippen LogP contribution in [0.4, 0.5) is 0 Å². The summed E-state index contributed by atoms with van der Waals surface area (Å²) in [4.78, 5) is 6.64. The summed E-state index contributed by atoms with van der Waals surface area (Å²) in [5, 5.41) is 9.36. The zero-order chi connectivity index (χ0) is 14.5. The number of rotatable bonds is 6. The minimum Gasteiger partial charge on any atom is -0.393 e. The molecule has 0 saturated carbocycles. The third-order valence-electron chi connectivity index (χ3n) is 3.39. The van der Waals surface area contributed by atoms with Crippen LogP contribution in [-0.4, -0.2) is 39.3 Å². The first kappa shape index (κ1) is 14.8. The van der Waals surface area contributed by atoms with Crippen molar-refractivity contribution in [2.24, 2.45) is 0 Å². The first-order valence-electron chi connectivity index (χ1n) is 7.03. The largest absolute Gasteiger partial charge is 0.393 e. The van der Waals surface area contributed by atoms with Gasteiger partial charge >= 0.3 is 0 Å². The topological polar surface area (TPSA) is 41.3 Å². The summed E-state index contributed by atoms with van der Waals surface area (Å²) in [7, 11) is 2.07. The number of para-hydroxylation sites is 1. The lowest BCUT2D eigenvalue weighted by Crippen LogP contribution is -2.23. The molecule has 1 aromatic carbocycles. The lowest BCUT2D eigenvalue weighted by molar-refractivity contribution is 0.162. The number of imidazole rings is 1. The quantitative estimate of drug-likeness (QED) is 0.878. The fraction of sp³-hybridized carbons (Fsp3) is 0.438. The van der Waals surface area contributed by atoms with Gasteiger partial charge in [0.05, 0.1) is 18.0 Å². The molecule has 2 aromatic rings. The first-order chi connectivity index (χ1) is 9.58. The zero-order valence-electron chi connectivity index (χ0n) is 12.5. The first-order valence-corrected chi connectivity index (χ1v) is 7.03. The van der Waals surface area contributed by atoms with Crippen LogP contribution in [-0.2, 0) is 6.54 Å². The molecule has 108 valence electrons. The van der Waals surface area contributed by atoms with Crippen LogP contribution in [0, 0.1) is 6.92 Å². The summed E-state index contributed by atoms with van der Waals surface area (Å²) in [6.45, 7) is 5.54. The van der Waals surface area contributed by atoms with Crippen molar-refractivity contribution in [3.05, 3.63) is 48.0 Å². The van der Waals surface area contributed by atoms with Crippen LogP contribution in [0.15, 0.2) is 36.5 Å². The number of aliphatic hydroxyl groups excluding tert-OH is 1. The Morgan fingerprint density at radius 3 is 2.65 bits per heavy atom. The maximum Gasteiger partial charge on any atom is 0.110 e. The molecule has 4 nitrogen and oxygen atoms in total. The molecule has 1 atom stereocenters. The van der Waals surface area contributed by atoms with E-state index in [1.54, 1.807) is 0 Å². The molecule has 1 aromatic heterocycles. The van der Waals surface area contributed by atoms with Crippen molar-refractivity contribution >= 4 is 0 Å². The van der Waals surface area contributed by atoms with Crippen molar-refractivity contribution in [2.45, 2.75) is 32.9 Å². The Balaban J connectivity index is 2.14. The Bertz CT molecular complexity index is 534. The molecule has 1 unspecified atom stereocenters. The fourth-order valence-electron chi connectivity index (χ4n) is 2.30. The van der Waals surface area contributed by atoms with Crippen molar-refractivity contribution in [1.82, 2.24) is 14.5 Å². The smallest absolute Gasteiger partial charge is 0.110 e. The second-order valence-corrected chi connectivity index (χ2v) is 5.34. The number of hydrogen-bond donors (Lipinski definition) is 1. The number of benzene rings is 1. The minimum absolute atomic E-state index is 0.252. The Morgan fingerprint density at radius 2 is 2.00 bits per heavy atom. The van der Waals surface area contributed by atoms with E-state index in [1.165, 1.54) is 5.69 Å². The molecule has 2 rings (SSSR count). The second kappa shape index (κ2) is 6.68. The lowest BCUT2D eigenvalue weighted by Gasteiger charge is -2.19. The fourth-order valence-corrected chi connectivity index (χ4v) is 2.30. The maximum atomic E-state index is 9.36. The Kier molecular flexibility index (Phi) is 4.93. The van der Waals surface area contributed by atoms with Gasteiger partial charge in [-0.3, -0.25) is 4.57 Å². The van der Waals surface area contributed by atoms with Crippen molar-refractivity contribution < 1.29 is 5.11 Å². The van der Waals surface area contributed by atoms with Crippen LogP contribution >= 0.6 is 0 Å². The van der Waals surface area contributed by atoms with Crippen molar-refractivity contribution in [3.8, 4) is 5.69 Å². The molecule has 1 N–H and O–H groups in total. The molecule has 20 heavy (non-hydrogen) atoms. The van der Waals surface area contributed by atoms with E-state index in [4.69, 9.17) is 0 Å². The van der Waals surface area contributed by atoms with Gasteiger partial charge in [-0.05, 0) is 39.4 Å². The van der Waals surface area contributed by atoms with Crippen LogP contribution in [0.3, 0.4) is 0 Å². The van der Waals surface area contributed by atoms with E-state index in [2.05, 4.69) is 33.6 Å². The van der Waals surface area contributed by atoms with E-state index in [0.29, 0.717) is 0 Å². The number of aryl methyl sites for hydroxylation is 1. The van der Waals surface area contributed by atoms with E-state index in [0.717, 1.165) is 31.0 Å². The van der Waals surface area contributed by atoms with Gasteiger partial charge in [0.1, 0.15) is 5.82 Å². The van der Waals surface area contributed by atoms with Crippen LogP contribution in [0.25, 0.3) is 5.69 Å². The highest BCUT2D eigenvalue weighted by molar-refractivity contribution is 5.35. The SMILES string of the molecule is Cc1ncc(CN(C)CCC(C)O)n1-c1ccccc1. The van der Waals surface area contributed by atoms with Crippen molar-refractivity contribution in [1.29, 1.82) is 0 Å². The summed E-state index contributed by atoms with van der Waals surface area (Å²) in [6.07, 6.45) is 2.47. The summed E-state index contributed by atoms with van der Waals surface area (Å²) in [5.41, 5.74) is 2.31. The second-order valence-electron chi connectivity index (χ2n) is 5.34. The third kappa shape index (κ3) is 3.68. The Morgan fingerprint density at radius 1 is 1.30 bits per heavy atom. The van der Waals surface area contributed by atoms with Gasteiger partial charge in [-0.1, -0.05) is 18.2 Å². The molecule has 0 spiro atoms. The predicted molar refractivity (Wildman–Crippen MR) is 80.9 cm³/mol. The number of aromatic nitrogens is 2. The van der Waals surface area contributed by atoms with Gasteiger partial charge in [-0.25, -0.2) is 4.98 Å². The molecular formula is C16H23N3O. The molecule has 0 amide bonds. The van der Waals surface area contributed by atoms with E-state index >= 15 is 0 Å². The van der Waals surface area contributed by atoms with Crippen LogP contribution in [0.5, 0.6) is 0 Å². The summed E-state index contributed by atoms with van der Waals surface area (Å²) in [6, 6.07) is 10.3. The average Bonchev–Trinajstić information content (AvgIpc) is 2.78. The van der Waals surface area contributed by atoms with Crippen molar-refractivity contribution in [2.75, 3.05) is 13.6 Å². The molecule has 0 fully saturated rings. The Labute approximate surface area is 120 Å². The number of hydrogen-bond acceptors (Lipinski definition) is 3. The van der Waals surface area contributed by atoms with Gasteiger partial charge < -0.3 is 10.0 Å². The highest BCUT2D eigenvalue weighted by atomic mass is 16.3. The monoisotopic (exact) mass is 273 g/mol. The van der Waals surface area contributed by atoms with E-state index in [-0.39, 0.29) is 6.10 Å².